The third kappa shape index (κ3) is 3.84. The maximum atomic E-state index is 12.5. The lowest BCUT2D eigenvalue weighted by molar-refractivity contribution is -0.149. The Morgan fingerprint density at radius 1 is 1.12 bits per heavy atom. The quantitative estimate of drug-likeness (QED) is 0.795. The molecule has 0 radical (unpaired) electrons. The number of rotatable bonds is 4. The number of nitrogens with one attached hydrogen (secondary N) is 1. The molecule has 0 spiro atoms. The topological polar surface area (TPSA) is 83.6 Å². The van der Waals surface area contributed by atoms with Crippen LogP contribution >= 0.6 is 0 Å². The SMILES string of the molecule is CC.CC/C=C/C1=C(/C=C\F)C(=O)N(C2CCC(=O)NC2=O)C1=O. The molecule has 0 saturated carbocycles. The number of allylic oxidation sites excluding steroid dienone is 1. The number of hydrogen-bond donors (Lipinski definition) is 1. The minimum atomic E-state index is -1.05. The molecular weight excluding hydrogens is 315 g/mol. The molecule has 1 N–H and O–H groups in total. The van der Waals surface area contributed by atoms with Crippen molar-refractivity contribution in [2.45, 2.75) is 46.1 Å². The summed E-state index contributed by atoms with van der Waals surface area (Å²) >= 11 is 0. The predicted molar refractivity (Wildman–Crippen MR) is 86.1 cm³/mol. The summed E-state index contributed by atoms with van der Waals surface area (Å²) in [6.07, 6.45) is 4.94. The van der Waals surface area contributed by atoms with Gasteiger partial charge in [-0.2, -0.15) is 0 Å². The summed E-state index contributed by atoms with van der Waals surface area (Å²) in [6, 6.07) is -1.05. The van der Waals surface area contributed by atoms with Crippen LogP contribution < -0.4 is 5.32 Å². The molecule has 2 aliphatic rings. The molecule has 1 saturated heterocycles. The van der Waals surface area contributed by atoms with E-state index in [1.54, 1.807) is 6.08 Å². The first kappa shape index (κ1) is 19.5. The van der Waals surface area contributed by atoms with Crippen molar-refractivity contribution >= 4 is 23.6 Å². The fourth-order valence-corrected chi connectivity index (χ4v) is 2.41. The van der Waals surface area contributed by atoms with Gasteiger partial charge in [0.2, 0.25) is 11.8 Å². The predicted octanol–water partition coefficient (Wildman–Crippen LogP) is 1.93. The Morgan fingerprint density at radius 3 is 2.21 bits per heavy atom. The standard InChI is InChI=1S/C15H15FN2O4.C2H6/c1-2-3-4-9-10(7-8-16)15(22)18(14(9)21)11-5-6-12(19)17-13(11)20;1-2/h3-4,7-8,11H,2,5-6H2,1H3,(H,17,19,20);1-2H3/b4-3+,8-7-;. The second-order valence-electron chi connectivity index (χ2n) is 4.88. The van der Waals surface area contributed by atoms with E-state index in [4.69, 9.17) is 0 Å². The molecule has 0 aromatic rings. The largest absolute Gasteiger partial charge is 0.295 e. The van der Waals surface area contributed by atoms with Gasteiger partial charge in [-0.3, -0.25) is 29.4 Å². The first-order chi connectivity index (χ1) is 11.5. The van der Waals surface area contributed by atoms with Crippen LogP contribution in [0.2, 0.25) is 0 Å². The van der Waals surface area contributed by atoms with E-state index in [0.717, 1.165) is 11.0 Å². The zero-order chi connectivity index (χ0) is 18.3. The first-order valence-electron chi connectivity index (χ1n) is 7.90. The number of carbonyl (C=O) groups excluding carboxylic acids is 4. The van der Waals surface area contributed by atoms with Gasteiger partial charge in [0.05, 0.1) is 17.5 Å². The second-order valence-corrected chi connectivity index (χ2v) is 4.88. The van der Waals surface area contributed by atoms with Gasteiger partial charge in [-0.1, -0.05) is 32.9 Å². The van der Waals surface area contributed by atoms with E-state index in [1.165, 1.54) is 6.08 Å². The Bertz CT molecular complexity index is 635. The Morgan fingerprint density at radius 2 is 1.71 bits per heavy atom. The highest BCUT2D eigenvalue weighted by molar-refractivity contribution is 6.23. The number of imide groups is 2. The van der Waals surface area contributed by atoms with Gasteiger partial charge >= 0.3 is 0 Å². The van der Waals surface area contributed by atoms with Crippen molar-refractivity contribution in [1.82, 2.24) is 10.2 Å². The van der Waals surface area contributed by atoms with Crippen LogP contribution in [0.4, 0.5) is 4.39 Å². The van der Waals surface area contributed by atoms with Gasteiger partial charge in [0.25, 0.3) is 11.8 Å². The first-order valence-corrected chi connectivity index (χ1v) is 7.90. The Balaban J connectivity index is 0.00000139. The molecule has 0 aliphatic carbocycles. The highest BCUT2D eigenvalue weighted by atomic mass is 19.1. The normalized spacial score (nSPS) is 21.7. The van der Waals surface area contributed by atoms with Crippen LogP contribution in [0.25, 0.3) is 0 Å². The highest BCUT2D eigenvalue weighted by Crippen LogP contribution is 2.27. The molecule has 130 valence electrons. The van der Waals surface area contributed by atoms with E-state index in [0.29, 0.717) is 6.42 Å². The van der Waals surface area contributed by atoms with Crippen molar-refractivity contribution in [3.05, 3.63) is 35.7 Å². The van der Waals surface area contributed by atoms with Gasteiger partial charge < -0.3 is 0 Å². The van der Waals surface area contributed by atoms with E-state index < -0.39 is 29.7 Å². The summed E-state index contributed by atoms with van der Waals surface area (Å²) in [6.45, 7) is 5.85. The molecule has 1 unspecified atom stereocenters. The van der Waals surface area contributed by atoms with Crippen molar-refractivity contribution in [1.29, 1.82) is 0 Å². The fraction of sp³-hybridized carbons (Fsp3) is 0.412. The molecule has 2 aliphatic heterocycles. The third-order valence-corrected chi connectivity index (χ3v) is 3.46. The van der Waals surface area contributed by atoms with Crippen LogP contribution in [0.5, 0.6) is 0 Å². The van der Waals surface area contributed by atoms with Crippen molar-refractivity contribution in [3.63, 3.8) is 0 Å². The van der Waals surface area contributed by atoms with Gasteiger partial charge in [-0.15, -0.1) is 0 Å². The van der Waals surface area contributed by atoms with Crippen LogP contribution in [0.3, 0.4) is 0 Å². The molecule has 6 nitrogen and oxygen atoms in total. The molecule has 0 aromatic heterocycles. The smallest absolute Gasteiger partial charge is 0.262 e. The molecule has 0 aromatic carbocycles. The number of piperidine rings is 1. The Kier molecular flexibility index (Phi) is 7.23. The molecule has 0 bridgehead atoms. The van der Waals surface area contributed by atoms with E-state index in [1.807, 2.05) is 20.8 Å². The molecule has 4 amide bonds. The molecule has 7 heteroatoms. The van der Waals surface area contributed by atoms with Crippen LogP contribution in [0.15, 0.2) is 35.7 Å². The fourth-order valence-electron chi connectivity index (χ4n) is 2.41. The van der Waals surface area contributed by atoms with Crippen molar-refractivity contribution in [3.8, 4) is 0 Å². The summed E-state index contributed by atoms with van der Waals surface area (Å²) in [4.78, 5) is 48.6. The van der Waals surface area contributed by atoms with E-state index in [2.05, 4.69) is 5.32 Å². The summed E-state index contributed by atoms with van der Waals surface area (Å²) in [5.74, 6) is -2.52. The van der Waals surface area contributed by atoms with Crippen LogP contribution in [0.1, 0.15) is 40.0 Å². The van der Waals surface area contributed by atoms with Crippen molar-refractivity contribution in [2.75, 3.05) is 0 Å². The average Bonchev–Trinajstić information content (AvgIpc) is 2.79. The van der Waals surface area contributed by atoms with Crippen LogP contribution in [-0.4, -0.2) is 34.6 Å². The van der Waals surface area contributed by atoms with Crippen LogP contribution in [-0.2, 0) is 19.2 Å². The molecule has 1 fully saturated rings. The average molecular weight is 336 g/mol. The highest BCUT2D eigenvalue weighted by Gasteiger charge is 2.44. The van der Waals surface area contributed by atoms with E-state index in [-0.39, 0.29) is 30.3 Å². The summed E-state index contributed by atoms with van der Waals surface area (Å²) in [7, 11) is 0. The maximum Gasteiger partial charge on any atom is 0.262 e. The van der Waals surface area contributed by atoms with Gasteiger partial charge in [0.15, 0.2) is 0 Å². The van der Waals surface area contributed by atoms with Crippen LogP contribution in [0, 0.1) is 0 Å². The van der Waals surface area contributed by atoms with E-state index >= 15 is 0 Å². The summed E-state index contributed by atoms with van der Waals surface area (Å²) in [5.41, 5.74) is -0.0487. The van der Waals surface area contributed by atoms with E-state index in [9.17, 15) is 23.6 Å². The molecule has 2 rings (SSSR count). The molecule has 2 heterocycles. The van der Waals surface area contributed by atoms with Crippen molar-refractivity contribution < 1.29 is 23.6 Å². The number of amides is 4. The monoisotopic (exact) mass is 336 g/mol. The Hall–Kier alpha value is -2.57. The maximum absolute atomic E-state index is 12.5. The number of hydrogen-bond acceptors (Lipinski definition) is 4. The zero-order valence-electron chi connectivity index (χ0n) is 14.0. The molecular formula is C17H21FN2O4. The number of nitrogens with zero attached hydrogens (tertiary/aromatic N) is 1. The second kappa shape index (κ2) is 8.90. The van der Waals surface area contributed by atoms with Gasteiger partial charge in [0, 0.05) is 6.42 Å². The van der Waals surface area contributed by atoms with Crippen molar-refractivity contribution in [2.24, 2.45) is 0 Å². The number of halogens is 1. The lowest BCUT2D eigenvalue weighted by Crippen LogP contribution is -2.54. The molecule has 1 atom stereocenters. The van der Waals surface area contributed by atoms with Gasteiger partial charge in [-0.05, 0) is 18.9 Å². The number of carbonyl (C=O) groups is 4. The van der Waals surface area contributed by atoms with Gasteiger partial charge in [-0.25, -0.2) is 4.39 Å². The minimum Gasteiger partial charge on any atom is -0.295 e. The summed E-state index contributed by atoms with van der Waals surface area (Å²) < 4.78 is 12.5. The lowest BCUT2D eigenvalue weighted by Gasteiger charge is -2.28. The molecule has 24 heavy (non-hydrogen) atoms. The van der Waals surface area contributed by atoms with Gasteiger partial charge in [0.1, 0.15) is 6.04 Å². The lowest BCUT2D eigenvalue weighted by atomic mass is 10.0. The Labute approximate surface area is 140 Å². The zero-order valence-corrected chi connectivity index (χ0v) is 14.0. The third-order valence-electron chi connectivity index (χ3n) is 3.46. The minimum absolute atomic E-state index is 0.0435. The summed E-state index contributed by atoms with van der Waals surface area (Å²) in [5, 5.41) is 2.10.